The average molecular weight is 311 g/mol. The van der Waals surface area contributed by atoms with Crippen molar-refractivity contribution in [1.29, 1.82) is 5.26 Å². The van der Waals surface area contributed by atoms with E-state index in [4.69, 9.17) is 15.4 Å². The first kappa shape index (κ1) is 12.2. The van der Waals surface area contributed by atoms with E-state index in [2.05, 4.69) is 28.9 Å². The Morgan fingerprint density at radius 1 is 1.59 bits per heavy atom. The highest BCUT2D eigenvalue weighted by molar-refractivity contribution is 9.10. The largest absolute Gasteiger partial charge is 0.457 e. The zero-order valence-electron chi connectivity index (χ0n) is 9.29. The molecule has 3 nitrogen and oxygen atoms in total. The van der Waals surface area contributed by atoms with Crippen LogP contribution in [0, 0.1) is 11.3 Å². The summed E-state index contributed by atoms with van der Waals surface area (Å²) in [6, 6.07) is 4.03. The summed E-state index contributed by atoms with van der Waals surface area (Å²) < 4.78 is 5.92. The number of nitrogens with zero attached hydrogens (tertiary/aromatic N) is 1. The topological polar surface area (TPSA) is 63.0 Å². The molecular weight excluding hydrogens is 300 g/mol. The van der Waals surface area contributed by atoms with Gasteiger partial charge in [0.05, 0.1) is 12.0 Å². The molecule has 0 atom stereocenters. The summed E-state index contributed by atoms with van der Waals surface area (Å²) in [6.07, 6.45) is 3.49. The Morgan fingerprint density at radius 3 is 2.88 bits per heavy atom. The van der Waals surface area contributed by atoms with Crippen molar-refractivity contribution in [2.45, 2.75) is 19.8 Å². The summed E-state index contributed by atoms with van der Waals surface area (Å²) in [4.78, 5) is 1.61. The number of thiophene rings is 1. The lowest BCUT2D eigenvalue weighted by atomic mass is 10.1. The maximum absolute atomic E-state index is 9.04. The van der Waals surface area contributed by atoms with Crippen molar-refractivity contribution in [3.05, 3.63) is 27.4 Å². The maximum atomic E-state index is 9.04. The Kier molecular flexibility index (Phi) is 3.55. The average Bonchev–Trinajstić information content (AvgIpc) is 2.85. The smallest absolute Gasteiger partial charge is 0.177 e. The molecule has 0 aliphatic carbocycles. The monoisotopic (exact) mass is 310 g/mol. The molecule has 0 amide bonds. The number of anilines is 1. The lowest BCUT2D eigenvalue weighted by molar-refractivity contribution is 0.542. The van der Waals surface area contributed by atoms with E-state index in [1.165, 1.54) is 11.3 Å². The number of furan rings is 1. The third kappa shape index (κ3) is 2.11. The van der Waals surface area contributed by atoms with Crippen LogP contribution >= 0.6 is 27.3 Å². The first-order valence-corrected chi connectivity index (χ1v) is 6.84. The van der Waals surface area contributed by atoms with Gasteiger partial charge < -0.3 is 10.2 Å². The van der Waals surface area contributed by atoms with E-state index in [-0.39, 0.29) is 0 Å². The van der Waals surface area contributed by atoms with Gasteiger partial charge in [0.2, 0.25) is 0 Å². The molecule has 0 bridgehead atoms. The zero-order valence-corrected chi connectivity index (χ0v) is 11.7. The quantitative estimate of drug-likeness (QED) is 0.925. The van der Waals surface area contributed by atoms with Gasteiger partial charge in [0.1, 0.15) is 10.9 Å². The molecule has 0 spiro atoms. The molecule has 0 fully saturated rings. The summed E-state index contributed by atoms with van der Waals surface area (Å²) in [5, 5.41) is 9.04. The molecule has 88 valence electrons. The van der Waals surface area contributed by atoms with Crippen LogP contribution in [0.15, 0.2) is 21.4 Å². The van der Waals surface area contributed by atoms with E-state index >= 15 is 0 Å². The molecule has 0 aliphatic heterocycles. The third-order valence-corrected chi connectivity index (χ3v) is 4.31. The van der Waals surface area contributed by atoms with Crippen LogP contribution in [-0.4, -0.2) is 0 Å². The minimum absolute atomic E-state index is 0.580. The van der Waals surface area contributed by atoms with E-state index in [9.17, 15) is 0 Å². The van der Waals surface area contributed by atoms with Crippen molar-refractivity contribution in [3.63, 3.8) is 0 Å². The predicted molar refractivity (Wildman–Crippen MR) is 72.8 cm³/mol. The Bertz CT molecular complexity index is 580. The number of hydrogen-bond donors (Lipinski definition) is 1. The standard InChI is InChI=1S/C12H11BrN2OS/c1-2-3-7-10(15)9(6-14)17-11(7)8-4-5-16-12(8)13/h4-5H,2-3,15H2,1H3. The lowest BCUT2D eigenvalue weighted by Crippen LogP contribution is -1.92. The van der Waals surface area contributed by atoms with Crippen LogP contribution in [0.5, 0.6) is 0 Å². The van der Waals surface area contributed by atoms with E-state index in [1.807, 2.05) is 6.07 Å². The Balaban J connectivity index is 2.61. The summed E-state index contributed by atoms with van der Waals surface area (Å²) >= 11 is 4.78. The molecular formula is C12H11BrN2OS. The number of rotatable bonds is 3. The van der Waals surface area contributed by atoms with Crippen LogP contribution < -0.4 is 5.73 Å². The fraction of sp³-hybridized carbons (Fsp3) is 0.250. The Labute approximate surface area is 112 Å². The van der Waals surface area contributed by atoms with E-state index in [0.717, 1.165) is 28.8 Å². The van der Waals surface area contributed by atoms with Gasteiger partial charge in [-0.05, 0) is 34.0 Å². The van der Waals surface area contributed by atoms with Crippen LogP contribution in [0.1, 0.15) is 23.8 Å². The summed E-state index contributed by atoms with van der Waals surface area (Å²) in [7, 11) is 0. The second-order valence-electron chi connectivity index (χ2n) is 3.62. The Morgan fingerprint density at radius 2 is 2.35 bits per heavy atom. The molecule has 0 saturated carbocycles. The second kappa shape index (κ2) is 4.94. The van der Waals surface area contributed by atoms with Crippen LogP contribution in [0.25, 0.3) is 10.4 Å². The van der Waals surface area contributed by atoms with Gasteiger partial charge in [-0.2, -0.15) is 5.26 Å². The SMILES string of the molecule is CCCc1c(-c2ccoc2Br)sc(C#N)c1N. The molecule has 0 unspecified atom stereocenters. The number of nitriles is 1. The Hall–Kier alpha value is -1.25. The molecule has 0 saturated heterocycles. The molecule has 5 heteroatoms. The maximum Gasteiger partial charge on any atom is 0.177 e. The zero-order chi connectivity index (χ0) is 12.4. The lowest BCUT2D eigenvalue weighted by Gasteiger charge is -2.01. The van der Waals surface area contributed by atoms with Gasteiger partial charge in [0, 0.05) is 10.4 Å². The van der Waals surface area contributed by atoms with Gasteiger partial charge >= 0.3 is 0 Å². The summed E-state index contributed by atoms with van der Waals surface area (Å²) in [6.45, 7) is 2.09. The van der Waals surface area contributed by atoms with Gasteiger partial charge in [0.15, 0.2) is 4.67 Å². The number of hydrogen-bond acceptors (Lipinski definition) is 4. The van der Waals surface area contributed by atoms with Crippen molar-refractivity contribution >= 4 is 33.0 Å². The second-order valence-corrected chi connectivity index (χ2v) is 5.36. The van der Waals surface area contributed by atoms with Crippen LogP contribution in [0.3, 0.4) is 0 Å². The highest BCUT2D eigenvalue weighted by Gasteiger charge is 2.19. The number of halogens is 1. The highest BCUT2D eigenvalue weighted by atomic mass is 79.9. The van der Waals surface area contributed by atoms with Gasteiger partial charge in [-0.1, -0.05) is 13.3 Å². The van der Waals surface area contributed by atoms with Crippen LogP contribution in [0.2, 0.25) is 0 Å². The highest BCUT2D eigenvalue weighted by Crippen LogP contribution is 2.42. The molecule has 0 aromatic carbocycles. The third-order valence-electron chi connectivity index (χ3n) is 2.51. The molecule has 2 aromatic rings. The van der Waals surface area contributed by atoms with Crippen molar-refractivity contribution in [3.8, 4) is 16.5 Å². The molecule has 2 heterocycles. The van der Waals surface area contributed by atoms with Gasteiger partial charge in [-0.25, -0.2) is 0 Å². The van der Waals surface area contributed by atoms with E-state index < -0.39 is 0 Å². The van der Waals surface area contributed by atoms with E-state index in [1.54, 1.807) is 6.26 Å². The van der Waals surface area contributed by atoms with Gasteiger partial charge in [-0.15, -0.1) is 11.3 Å². The predicted octanol–water partition coefficient (Wildman–Crippen LogP) is 4.18. The van der Waals surface area contributed by atoms with Gasteiger partial charge in [0.25, 0.3) is 0 Å². The van der Waals surface area contributed by atoms with Crippen LogP contribution in [-0.2, 0) is 6.42 Å². The molecule has 17 heavy (non-hydrogen) atoms. The summed E-state index contributed by atoms with van der Waals surface area (Å²) in [5.41, 5.74) is 8.63. The number of nitrogen functional groups attached to an aromatic ring is 1. The van der Waals surface area contributed by atoms with Crippen molar-refractivity contribution in [1.82, 2.24) is 0 Å². The minimum Gasteiger partial charge on any atom is -0.457 e. The number of nitrogens with two attached hydrogens (primary N) is 1. The molecule has 2 aromatic heterocycles. The fourth-order valence-corrected chi connectivity index (χ4v) is 3.39. The molecule has 2 rings (SSSR count). The normalized spacial score (nSPS) is 10.4. The van der Waals surface area contributed by atoms with E-state index in [0.29, 0.717) is 15.2 Å². The first-order valence-electron chi connectivity index (χ1n) is 5.23. The molecule has 2 N–H and O–H groups in total. The van der Waals surface area contributed by atoms with Crippen LogP contribution in [0.4, 0.5) is 5.69 Å². The molecule has 0 radical (unpaired) electrons. The summed E-state index contributed by atoms with van der Waals surface area (Å²) in [5.74, 6) is 0. The minimum atomic E-state index is 0.580. The molecule has 0 aliphatic rings. The van der Waals surface area contributed by atoms with Crippen molar-refractivity contribution < 1.29 is 4.42 Å². The van der Waals surface area contributed by atoms with Gasteiger partial charge in [-0.3, -0.25) is 0 Å². The fourth-order valence-electron chi connectivity index (χ4n) is 1.73. The first-order chi connectivity index (χ1) is 8.19. The van der Waals surface area contributed by atoms with Crippen molar-refractivity contribution in [2.75, 3.05) is 5.73 Å². The van der Waals surface area contributed by atoms with Crippen molar-refractivity contribution in [2.24, 2.45) is 0 Å².